The third-order valence-corrected chi connectivity index (χ3v) is 3.87. The van der Waals surface area contributed by atoms with Gasteiger partial charge in [-0.05, 0) is 17.8 Å². The summed E-state index contributed by atoms with van der Waals surface area (Å²) in [5.74, 6) is 0.118. The van der Waals surface area contributed by atoms with Crippen molar-refractivity contribution in [2.45, 2.75) is 40.7 Å². The molecule has 0 aromatic rings. The van der Waals surface area contributed by atoms with Crippen LogP contribution in [0.1, 0.15) is 34.6 Å². The van der Waals surface area contributed by atoms with Crippen LogP contribution >= 0.6 is 0 Å². The number of hydrogen-bond acceptors (Lipinski definition) is 2. The molecule has 1 aliphatic carbocycles. The maximum Gasteiger partial charge on any atom is 0.0666 e. The first kappa shape index (κ1) is 10.5. The maximum absolute atomic E-state index is 8.64. The van der Waals surface area contributed by atoms with Crippen LogP contribution in [-0.4, -0.2) is 12.6 Å². The minimum Gasteiger partial charge on any atom is -0.312 e. The molecule has 1 aliphatic rings. The average Bonchev–Trinajstić information content (AvgIpc) is 2.40. The largest absolute Gasteiger partial charge is 0.312 e. The van der Waals surface area contributed by atoms with Gasteiger partial charge in [0.1, 0.15) is 0 Å². The van der Waals surface area contributed by atoms with E-state index in [1.54, 1.807) is 0 Å². The normalized spacial score (nSPS) is 26.5. The van der Waals surface area contributed by atoms with Crippen LogP contribution in [-0.2, 0) is 0 Å². The summed E-state index contributed by atoms with van der Waals surface area (Å²) in [6, 6.07) is 2.81. The molecule has 1 rings (SSSR count). The molecule has 0 aliphatic heterocycles. The van der Waals surface area contributed by atoms with Crippen molar-refractivity contribution in [1.82, 2.24) is 5.32 Å². The van der Waals surface area contributed by atoms with E-state index in [0.29, 0.717) is 16.9 Å². The van der Waals surface area contributed by atoms with Crippen LogP contribution in [0.3, 0.4) is 0 Å². The molecule has 13 heavy (non-hydrogen) atoms. The Morgan fingerprint density at radius 1 is 1.31 bits per heavy atom. The van der Waals surface area contributed by atoms with Crippen molar-refractivity contribution in [3.05, 3.63) is 0 Å². The van der Waals surface area contributed by atoms with Crippen molar-refractivity contribution >= 4 is 0 Å². The Hall–Kier alpha value is -0.550. The van der Waals surface area contributed by atoms with Crippen molar-refractivity contribution < 1.29 is 0 Å². The number of nitrogens with one attached hydrogen (secondary N) is 1. The monoisotopic (exact) mass is 180 g/mol. The van der Waals surface area contributed by atoms with Gasteiger partial charge in [0.05, 0.1) is 12.0 Å². The van der Waals surface area contributed by atoms with E-state index in [1.807, 2.05) is 6.92 Å². The summed E-state index contributed by atoms with van der Waals surface area (Å²) in [6.45, 7) is 11.9. The molecule has 0 spiro atoms. The number of nitriles is 1. The van der Waals surface area contributed by atoms with Crippen molar-refractivity contribution in [3.63, 3.8) is 0 Å². The van der Waals surface area contributed by atoms with E-state index in [2.05, 4.69) is 39.1 Å². The summed E-state index contributed by atoms with van der Waals surface area (Å²) >= 11 is 0. The number of nitrogens with zero attached hydrogens (tertiary/aromatic N) is 1. The Balaban J connectivity index is 2.39. The SMILES string of the molecule is CC(C#N)CNC1C(C)(C)C1(C)C. The highest BCUT2D eigenvalue weighted by Crippen LogP contribution is 2.62. The minimum absolute atomic E-state index is 0.118. The maximum atomic E-state index is 8.64. The first-order valence-corrected chi connectivity index (χ1v) is 4.97. The van der Waals surface area contributed by atoms with Crippen LogP contribution in [0, 0.1) is 28.1 Å². The summed E-state index contributed by atoms with van der Waals surface area (Å²) in [7, 11) is 0. The standard InChI is InChI=1S/C11H20N2/c1-8(6-12)7-13-9-10(2,3)11(9,4)5/h8-9,13H,7H2,1-5H3. The lowest BCUT2D eigenvalue weighted by molar-refractivity contribution is 0.457. The quantitative estimate of drug-likeness (QED) is 0.722. The lowest BCUT2D eigenvalue weighted by Gasteiger charge is -2.06. The molecular formula is C11H20N2. The molecule has 0 saturated heterocycles. The molecule has 1 unspecified atom stereocenters. The fourth-order valence-corrected chi connectivity index (χ4v) is 2.05. The lowest BCUT2D eigenvalue weighted by Crippen LogP contribution is -2.26. The molecule has 1 saturated carbocycles. The van der Waals surface area contributed by atoms with E-state index in [0.717, 1.165) is 6.54 Å². The highest BCUT2D eigenvalue weighted by Gasteiger charge is 2.64. The highest BCUT2D eigenvalue weighted by molar-refractivity contribution is 5.17. The topological polar surface area (TPSA) is 35.8 Å². The predicted molar refractivity (Wildman–Crippen MR) is 54.1 cm³/mol. The molecule has 0 aromatic carbocycles. The Kier molecular flexibility index (Phi) is 2.42. The van der Waals surface area contributed by atoms with Gasteiger partial charge in [-0.2, -0.15) is 5.26 Å². The Labute approximate surface area is 81.3 Å². The van der Waals surface area contributed by atoms with Gasteiger partial charge in [-0.3, -0.25) is 0 Å². The molecule has 0 radical (unpaired) electrons. The van der Waals surface area contributed by atoms with Gasteiger partial charge in [-0.25, -0.2) is 0 Å². The second-order valence-corrected chi connectivity index (χ2v) is 5.31. The number of hydrogen-bond donors (Lipinski definition) is 1. The van der Waals surface area contributed by atoms with Crippen molar-refractivity contribution in [2.75, 3.05) is 6.54 Å². The van der Waals surface area contributed by atoms with E-state index in [-0.39, 0.29) is 5.92 Å². The first-order valence-electron chi connectivity index (χ1n) is 4.97. The lowest BCUT2D eigenvalue weighted by atomic mass is 10.0. The smallest absolute Gasteiger partial charge is 0.0666 e. The van der Waals surface area contributed by atoms with Gasteiger partial charge in [0, 0.05) is 12.6 Å². The zero-order valence-corrected chi connectivity index (χ0v) is 9.31. The molecule has 0 heterocycles. The van der Waals surface area contributed by atoms with E-state index in [4.69, 9.17) is 5.26 Å². The third-order valence-electron chi connectivity index (χ3n) is 3.87. The molecule has 0 bridgehead atoms. The van der Waals surface area contributed by atoms with E-state index < -0.39 is 0 Å². The van der Waals surface area contributed by atoms with E-state index >= 15 is 0 Å². The molecule has 2 nitrogen and oxygen atoms in total. The Morgan fingerprint density at radius 2 is 1.77 bits per heavy atom. The van der Waals surface area contributed by atoms with Gasteiger partial charge in [-0.15, -0.1) is 0 Å². The van der Waals surface area contributed by atoms with Crippen molar-refractivity contribution in [3.8, 4) is 6.07 Å². The van der Waals surface area contributed by atoms with Gasteiger partial charge < -0.3 is 5.32 Å². The van der Waals surface area contributed by atoms with Crippen molar-refractivity contribution in [1.29, 1.82) is 5.26 Å². The van der Waals surface area contributed by atoms with Crippen LogP contribution in [0.15, 0.2) is 0 Å². The van der Waals surface area contributed by atoms with Gasteiger partial charge in [0.15, 0.2) is 0 Å². The van der Waals surface area contributed by atoms with Gasteiger partial charge in [0.2, 0.25) is 0 Å². The molecule has 0 amide bonds. The Bertz CT molecular complexity index is 221. The van der Waals surface area contributed by atoms with Crippen LogP contribution in [0.25, 0.3) is 0 Å². The van der Waals surface area contributed by atoms with Gasteiger partial charge in [0.25, 0.3) is 0 Å². The van der Waals surface area contributed by atoms with Gasteiger partial charge >= 0.3 is 0 Å². The molecule has 2 heteroatoms. The zero-order valence-electron chi connectivity index (χ0n) is 9.31. The molecule has 0 aromatic heterocycles. The third kappa shape index (κ3) is 1.58. The fraction of sp³-hybridized carbons (Fsp3) is 0.909. The summed E-state index contributed by atoms with van der Waals surface area (Å²) in [4.78, 5) is 0. The fourth-order valence-electron chi connectivity index (χ4n) is 2.05. The summed E-state index contributed by atoms with van der Waals surface area (Å²) in [5.41, 5.74) is 0.754. The van der Waals surface area contributed by atoms with Crippen LogP contribution in [0.5, 0.6) is 0 Å². The second kappa shape index (κ2) is 2.99. The Morgan fingerprint density at radius 3 is 2.08 bits per heavy atom. The first-order chi connectivity index (χ1) is 5.84. The highest BCUT2D eigenvalue weighted by atomic mass is 15.0. The van der Waals surface area contributed by atoms with Crippen molar-refractivity contribution in [2.24, 2.45) is 16.7 Å². The molecule has 1 N–H and O–H groups in total. The van der Waals surface area contributed by atoms with Crippen LogP contribution in [0.4, 0.5) is 0 Å². The van der Waals surface area contributed by atoms with E-state index in [9.17, 15) is 0 Å². The molecule has 74 valence electrons. The second-order valence-electron chi connectivity index (χ2n) is 5.31. The molecular weight excluding hydrogens is 160 g/mol. The summed E-state index contributed by atoms with van der Waals surface area (Å²) in [5, 5.41) is 12.1. The number of rotatable bonds is 3. The predicted octanol–water partition coefficient (Wildman–Crippen LogP) is 2.17. The van der Waals surface area contributed by atoms with E-state index in [1.165, 1.54) is 0 Å². The molecule has 1 fully saturated rings. The van der Waals surface area contributed by atoms with Crippen LogP contribution < -0.4 is 5.32 Å². The summed E-state index contributed by atoms with van der Waals surface area (Å²) in [6.07, 6.45) is 0. The van der Waals surface area contributed by atoms with Crippen LogP contribution in [0.2, 0.25) is 0 Å². The average molecular weight is 180 g/mol. The minimum atomic E-state index is 0.118. The molecule has 1 atom stereocenters. The van der Waals surface area contributed by atoms with Gasteiger partial charge in [-0.1, -0.05) is 27.7 Å². The zero-order chi connectivity index (χ0) is 10.3. The summed E-state index contributed by atoms with van der Waals surface area (Å²) < 4.78 is 0.